The van der Waals surface area contributed by atoms with Crippen LogP contribution in [0.2, 0.25) is 0 Å². The van der Waals surface area contributed by atoms with E-state index in [-0.39, 0.29) is 0 Å². The molecule has 0 unspecified atom stereocenters. The van der Waals surface area contributed by atoms with Crippen LogP contribution in [0.15, 0.2) is 26.9 Å². The van der Waals surface area contributed by atoms with E-state index < -0.39 is 0 Å². The second kappa shape index (κ2) is 6.11. The van der Waals surface area contributed by atoms with E-state index in [0.717, 1.165) is 21.3 Å². The molecule has 0 bridgehead atoms. The van der Waals surface area contributed by atoms with Crippen LogP contribution in [-0.4, -0.2) is 21.6 Å². The molecule has 2 rings (SSSR count). The first kappa shape index (κ1) is 14.6. The summed E-state index contributed by atoms with van der Waals surface area (Å²) in [4.78, 5) is 12.3. The Bertz CT molecular complexity index is 602. The number of ether oxygens (including phenoxy) is 1. The summed E-state index contributed by atoms with van der Waals surface area (Å²) < 4.78 is 6.54. The third kappa shape index (κ3) is 3.40. The van der Waals surface area contributed by atoms with Crippen molar-refractivity contribution in [2.24, 2.45) is 0 Å². The van der Waals surface area contributed by atoms with Crippen LogP contribution in [0.25, 0.3) is 11.4 Å². The Morgan fingerprint density at radius 1 is 1.16 bits per heavy atom. The third-order valence-electron chi connectivity index (χ3n) is 2.47. The van der Waals surface area contributed by atoms with Crippen molar-refractivity contribution in [1.82, 2.24) is 15.0 Å². The lowest BCUT2D eigenvalue weighted by molar-refractivity contribution is 0.338. The van der Waals surface area contributed by atoms with Crippen LogP contribution in [0.4, 0.5) is 0 Å². The van der Waals surface area contributed by atoms with Crippen LogP contribution in [0.5, 0.6) is 5.75 Å². The largest absolute Gasteiger partial charge is 0.494 e. The summed E-state index contributed by atoms with van der Waals surface area (Å²) >= 11 is 11.8. The summed E-state index contributed by atoms with van der Waals surface area (Å²) in [6.45, 7) is 4.53. The quantitative estimate of drug-likeness (QED) is 0.824. The predicted molar refractivity (Wildman–Crippen MR) is 83.4 cm³/mol. The van der Waals surface area contributed by atoms with Crippen molar-refractivity contribution in [3.63, 3.8) is 0 Å². The summed E-state index contributed by atoms with van der Waals surface area (Å²) in [5, 5.41) is 0.675. The van der Waals surface area contributed by atoms with Crippen LogP contribution < -0.4 is 4.74 Å². The van der Waals surface area contributed by atoms with Crippen molar-refractivity contribution in [3.05, 3.63) is 22.2 Å². The Hall–Kier alpha value is -0.790. The molecular weight excluding hydrogens is 346 g/mol. The van der Waals surface area contributed by atoms with Gasteiger partial charge in [-0.2, -0.15) is 4.98 Å². The van der Waals surface area contributed by atoms with Gasteiger partial charge in [0.15, 0.2) is 16.1 Å². The van der Waals surface area contributed by atoms with Crippen LogP contribution >= 0.6 is 41.2 Å². The maximum absolute atomic E-state index is 5.60. The number of halogens is 1. The number of hydrogen-bond acceptors (Lipinski definition) is 6. The molecular formula is C12H12BrN3OS2. The highest BCUT2D eigenvalue weighted by molar-refractivity contribution is 9.10. The number of thiol groups is 2. The average molecular weight is 358 g/mol. The van der Waals surface area contributed by atoms with Gasteiger partial charge in [0, 0.05) is 15.6 Å². The standard InChI is InChI=1S/C12H12BrN3OS2/c1-3-17-9-5-7(4-8(13)6(9)2)10-14-11(18)16-12(19)15-10/h4-5H,3H2,1-2H3,(H2,14,15,16,18,19). The van der Waals surface area contributed by atoms with Crippen molar-refractivity contribution in [2.75, 3.05) is 6.61 Å². The van der Waals surface area contributed by atoms with Crippen molar-refractivity contribution < 1.29 is 4.74 Å². The average Bonchev–Trinajstić information content (AvgIpc) is 2.33. The highest BCUT2D eigenvalue weighted by atomic mass is 79.9. The minimum Gasteiger partial charge on any atom is -0.494 e. The van der Waals surface area contributed by atoms with E-state index in [1.54, 1.807) is 0 Å². The van der Waals surface area contributed by atoms with Crippen LogP contribution in [0.3, 0.4) is 0 Å². The highest BCUT2D eigenvalue weighted by Gasteiger charge is 2.11. The zero-order valence-electron chi connectivity index (χ0n) is 10.4. The van der Waals surface area contributed by atoms with E-state index >= 15 is 0 Å². The molecule has 0 saturated heterocycles. The van der Waals surface area contributed by atoms with E-state index in [1.807, 2.05) is 26.0 Å². The van der Waals surface area contributed by atoms with Crippen LogP contribution in [-0.2, 0) is 0 Å². The lowest BCUT2D eigenvalue weighted by Crippen LogP contribution is -1.98. The molecule has 0 atom stereocenters. The SMILES string of the molecule is CCOc1cc(-c2nc(S)nc(S)n2)cc(Br)c1C. The van der Waals surface area contributed by atoms with E-state index in [4.69, 9.17) is 4.74 Å². The van der Waals surface area contributed by atoms with Crippen molar-refractivity contribution in [1.29, 1.82) is 0 Å². The molecule has 0 spiro atoms. The molecule has 1 aromatic heterocycles. The summed E-state index contributed by atoms with van der Waals surface area (Å²) in [5.41, 5.74) is 1.87. The minimum atomic E-state index is 0.338. The summed E-state index contributed by atoms with van der Waals surface area (Å²) in [7, 11) is 0. The molecule has 0 aliphatic rings. The molecule has 0 amide bonds. The normalized spacial score (nSPS) is 10.6. The van der Waals surface area contributed by atoms with Gasteiger partial charge >= 0.3 is 0 Å². The van der Waals surface area contributed by atoms with Gasteiger partial charge in [-0.15, -0.1) is 25.3 Å². The molecule has 0 radical (unpaired) electrons. The molecule has 0 N–H and O–H groups in total. The smallest absolute Gasteiger partial charge is 0.189 e. The van der Waals surface area contributed by atoms with Crippen molar-refractivity contribution >= 4 is 41.2 Å². The van der Waals surface area contributed by atoms with Gasteiger partial charge in [-0.25, -0.2) is 9.97 Å². The van der Waals surface area contributed by atoms with Gasteiger partial charge in [0.2, 0.25) is 0 Å². The number of hydrogen-bond donors (Lipinski definition) is 2. The fourth-order valence-electron chi connectivity index (χ4n) is 1.57. The van der Waals surface area contributed by atoms with Gasteiger partial charge in [0.1, 0.15) is 5.75 Å². The van der Waals surface area contributed by atoms with E-state index in [1.165, 1.54) is 0 Å². The number of nitrogens with zero attached hydrogens (tertiary/aromatic N) is 3. The van der Waals surface area contributed by atoms with Gasteiger partial charge in [-0.05, 0) is 26.0 Å². The second-order valence-corrected chi connectivity index (χ2v) is 5.43. The molecule has 0 fully saturated rings. The van der Waals surface area contributed by atoms with Crippen molar-refractivity contribution in [2.45, 2.75) is 24.2 Å². The number of aromatic nitrogens is 3. The topological polar surface area (TPSA) is 47.9 Å². The molecule has 4 nitrogen and oxygen atoms in total. The van der Waals surface area contributed by atoms with Crippen molar-refractivity contribution in [3.8, 4) is 17.1 Å². The Kier molecular flexibility index (Phi) is 4.70. The minimum absolute atomic E-state index is 0.338. The Morgan fingerprint density at radius 2 is 1.79 bits per heavy atom. The summed E-state index contributed by atoms with van der Waals surface area (Å²) in [5.74, 6) is 1.32. The summed E-state index contributed by atoms with van der Waals surface area (Å²) in [6, 6.07) is 3.84. The zero-order chi connectivity index (χ0) is 14.0. The van der Waals surface area contributed by atoms with Gasteiger partial charge < -0.3 is 4.74 Å². The molecule has 2 aromatic rings. The molecule has 100 valence electrons. The lowest BCUT2D eigenvalue weighted by atomic mass is 10.1. The van der Waals surface area contributed by atoms with Gasteiger partial charge in [-0.3, -0.25) is 0 Å². The van der Waals surface area contributed by atoms with E-state index in [9.17, 15) is 0 Å². The fraction of sp³-hybridized carbons (Fsp3) is 0.250. The summed E-state index contributed by atoms with van der Waals surface area (Å²) in [6.07, 6.45) is 0. The first-order valence-corrected chi connectivity index (χ1v) is 7.27. The molecule has 0 saturated carbocycles. The van der Waals surface area contributed by atoms with Crippen LogP contribution in [0.1, 0.15) is 12.5 Å². The maximum atomic E-state index is 5.60. The Labute approximate surface area is 131 Å². The first-order chi connectivity index (χ1) is 9.01. The molecule has 1 aromatic carbocycles. The van der Waals surface area contributed by atoms with E-state index in [0.29, 0.717) is 22.7 Å². The zero-order valence-corrected chi connectivity index (χ0v) is 13.8. The van der Waals surface area contributed by atoms with Gasteiger partial charge in [-0.1, -0.05) is 15.9 Å². The van der Waals surface area contributed by atoms with Crippen LogP contribution in [0, 0.1) is 6.92 Å². The monoisotopic (exact) mass is 357 g/mol. The number of rotatable bonds is 3. The molecule has 1 heterocycles. The predicted octanol–water partition coefficient (Wildman–Crippen LogP) is 3.59. The van der Waals surface area contributed by atoms with Gasteiger partial charge in [0.05, 0.1) is 6.61 Å². The molecule has 7 heteroatoms. The lowest BCUT2D eigenvalue weighted by Gasteiger charge is -2.11. The molecule has 19 heavy (non-hydrogen) atoms. The van der Waals surface area contributed by atoms with E-state index in [2.05, 4.69) is 56.1 Å². The first-order valence-electron chi connectivity index (χ1n) is 5.58. The maximum Gasteiger partial charge on any atom is 0.189 e. The highest BCUT2D eigenvalue weighted by Crippen LogP contribution is 2.32. The Balaban J connectivity index is 2.55. The molecule has 0 aliphatic carbocycles. The third-order valence-corrected chi connectivity index (χ3v) is 3.69. The Morgan fingerprint density at radius 3 is 2.37 bits per heavy atom. The number of benzene rings is 1. The second-order valence-electron chi connectivity index (χ2n) is 3.77. The van der Waals surface area contributed by atoms with Gasteiger partial charge in [0.25, 0.3) is 0 Å². The fourth-order valence-corrected chi connectivity index (χ4v) is 2.47. The molecule has 0 aliphatic heterocycles.